The molecule has 0 radical (unpaired) electrons. The summed E-state index contributed by atoms with van der Waals surface area (Å²) in [5, 5.41) is 17.9. The van der Waals surface area contributed by atoms with E-state index in [1.54, 1.807) is 0 Å². The maximum atomic E-state index is 12.1. The van der Waals surface area contributed by atoms with Crippen molar-refractivity contribution in [2.24, 2.45) is 16.8 Å². The highest BCUT2D eigenvalue weighted by Gasteiger charge is 2.40. The highest BCUT2D eigenvalue weighted by molar-refractivity contribution is 5.93. The summed E-state index contributed by atoms with van der Waals surface area (Å²) in [5.41, 5.74) is 5.09. The lowest BCUT2D eigenvalue weighted by Crippen LogP contribution is -2.61. The van der Waals surface area contributed by atoms with Crippen LogP contribution in [-0.2, 0) is 4.74 Å². The average Bonchev–Trinajstić information content (AvgIpc) is 2.93. The predicted octanol–water partition coefficient (Wildman–Crippen LogP) is 0.770. The Hall–Kier alpha value is -1.50. The maximum absolute atomic E-state index is 12.1. The molecule has 0 spiro atoms. The molecule has 5 N–H and O–H groups in total. The molecule has 1 aliphatic carbocycles. The number of hydrogen-bond donors (Lipinski definition) is 4. The summed E-state index contributed by atoms with van der Waals surface area (Å²) in [6.07, 6.45) is 4.10. The Morgan fingerprint density at radius 1 is 1.40 bits per heavy atom. The molecular formula is C13H24N4O3. The van der Waals surface area contributed by atoms with Gasteiger partial charge >= 0.3 is 6.03 Å². The van der Waals surface area contributed by atoms with Crippen LogP contribution < -0.4 is 16.4 Å². The van der Waals surface area contributed by atoms with E-state index in [1.807, 2.05) is 0 Å². The number of carbonyl (C=O) groups is 1. The Balaban J connectivity index is 1.98. The van der Waals surface area contributed by atoms with Crippen LogP contribution in [0.3, 0.4) is 0 Å². The zero-order valence-corrected chi connectivity index (χ0v) is 11.9. The van der Waals surface area contributed by atoms with Gasteiger partial charge in [0.2, 0.25) is 0 Å². The molecule has 0 aromatic carbocycles. The number of nitrogens with zero attached hydrogens (tertiary/aromatic N) is 1. The molecule has 1 saturated heterocycles. The van der Waals surface area contributed by atoms with Gasteiger partial charge in [0.15, 0.2) is 5.84 Å². The summed E-state index contributed by atoms with van der Waals surface area (Å²) < 4.78 is 5.22. The molecule has 1 saturated carbocycles. The number of nitrogens with two attached hydrogens (primary N) is 1. The highest BCUT2D eigenvalue weighted by atomic mass is 16.5. The number of ether oxygens (including phenoxy) is 1. The van der Waals surface area contributed by atoms with E-state index in [4.69, 9.17) is 15.7 Å². The van der Waals surface area contributed by atoms with Crippen LogP contribution in [0, 0.1) is 5.92 Å². The first-order valence-corrected chi connectivity index (χ1v) is 7.20. The van der Waals surface area contributed by atoms with Crippen molar-refractivity contribution in [3.8, 4) is 0 Å². The Bertz CT molecular complexity index is 372. The Kier molecular flexibility index (Phi) is 4.69. The van der Waals surface area contributed by atoms with Gasteiger partial charge in [0, 0.05) is 6.61 Å². The second-order valence-electron chi connectivity index (χ2n) is 5.91. The average molecular weight is 284 g/mol. The van der Waals surface area contributed by atoms with Crippen LogP contribution >= 0.6 is 0 Å². The number of hydrogen-bond acceptors (Lipinski definition) is 4. The van der Waals surface area contributed by atoms with E-state index in [1.165, 1.54) is 0 Å². The van der Waals surface area contributed by atoms with Gasteiger partial charge in [0.25, 0.3) is 0 Å². The number of oxime groups is 1. The zero-order valence-electron chi connectivity index (χ0n) is 11.9. The van der Waals surface area contributed by atoms with Gasteiger partial charge in [0.1, 0.15) is 5.54 Å². The largest absolute Gasteiger partial charge is 0.409 e. The summed E-state index contributed by atoms with van der Waals surface area (Å²) in [6, 6.07) is -0.233. The Morgan fingerprint density at radius 3 is 2.65 bits per heavy atom. The van der Waals surface area contributed by atoms with Gasteiger partial charge in [-0.25, -0.2) is 4.79 Å². The molecule has 1 heterocycles. The molecule has 20 heavy (non-hydrogen) atoms. The normalized spacial score (nSPS) is 34.8. The predicted molar refractivity (Wildman–Crippen MR) is 74.7 cm³/mol. The molecule has 1 atom stereocenters. The second kappa shape index (κ2) is 6.30. The molecule has 2 amide bonds. The van der Waals surface area contributed by atoms with Crippen LogP contribution in [0.4, 0.5) is 4.79 Å². The van der Waals surface area contributed by atoms with E-state index in [-0.39, 0.29) is 17.9 Å². The van der Waals surface area contributed by atoms with E-state index in [0.717, 1.165) is 19.3 Å². The van der Waals surface area contributed by atoms with E-state index >= 15 is 0 Å². The van der Waals surface area contributed by atoms with Crippen LogP contribution in [0.2, 0.25) is 0 Å². The van der Waals surface area contributed by atoms with Crippen LogP contribution in [0.5, 0.6) is 0 Å². The molecule has 0 aromatic rings. The lowest BCUT2D eigenvalue weighted by molar-refractivity contribution is 0.185. The molecule has 2 fully saturated rings. The third-order valence-electron chi connectivity index (χ3n) is 4.34. The van der Waals surface area contributed by atoms with Crippen molar-refractivity contribution in [1.29, 1.82) is 0 Å². The van der Waals surface area contributed by atoms with Crippen molar-refractivity contribution in [3.05, 3.63) is 0 Å². The third kappa shape index (κ3) is 3.33. The third-order valence-corrected chi connectivity index (χ3v) is 4.34. The van der Waals surface area contributed by atoms with Crippen molar-refractivity contribution in [1.82, 2.24) is 10.6 Å². The first-order chi connectivity index (χ1) is 9.55. The fraction of sp³-hybridized carbons (Fsp3) is 0.846. The molecule has 114 valence electrons. The monoisotopic (exact) mass is 284 g/mol. The first kappa shape index (κ1) is 14.9. The smallest absolute Gasteiger partial charge is 0.315 e. The van der Waals surface area contributed by atoms with Crippen molar-refractivity contribution < 1.29 is 14.7 Å². The zero-order chi connectivity index (χ0) is 14.6. The summed E-state index contributed by atoms with van der Waals surface area (Å²) in [4.78, 5) is 12.1. The number of carbonyl (C=O) groups excluding carboxylic acids is 1. The molecule has 2 aliphatic rings. The topological polar surface area (TPSA) is 109 Å². The summed E-state index contributed by atoms with van der Waals surface area (Å²) in [7, 11) is 0. The van der Waals surface area contributed by atoms with Crippen molar-refractivity contribution in [2.45, 2.75) is 50.6 Å². The van der Waals surface area contributed by atoms with Gasteiger partial charge in [-0.15, -0.1) is 0 Å². The highest BCUT2D eigenvalue weighted by Crippen LogP contribution is 2.32. The lowest BCUT2D eigenvalue weighted by atomic mass is 9.76. The van der Waals surface area contributed by atoms with Crippen LogP contribution in [0.15, 0.2) is 5.16 Å². The van der Waals surface area contributed by atoms with Gasteiger partial charge < -0.3 is 26.3 Å². The van der Waals surface area contributed by atoms with Gasteiger partial charge in [-0.05, 0) is 38.0 Å². The molecule has 7 nitrogen and oxygen atoms in total. The molecule has 1 unspecified atom stereocenters. The Labute approximate surface area is 118 Å². The standard InChI is InChI=1S/C13H24N4O3/c1-9-2-5-13(6-3-9,11(14)17-19)16-12(18)15-10-4-7-20-8-10/h9-10,19H,2-8H2,1H3,(H2,14,17)(H2,15,16,18). The minimum absolute atomic E-state index is 0.0434. The SMILES string of the molecule is CC1CCC(NC(=O)NC2CCOC2)(C(N)=NO)CC1. The number of amides is 2. The molecule has 2 rings (SSSR count). The van der Waals surface area contributed by atoms with E-state index in [0.29, 0.717) is 32.0 Å². The van der Waals surface area contributed by atoms with Crippen molar-refractivity contribution >= 4 is 11.9 Å². The van der Waals surface area contributed by atoms with Crippen LogP contribution in [-0.4, -0.2) is 41.9 Å². The molecule has 1 aliphatic heterocycles. The number of rotatable bonds is 3. The minimum Gasteiger partial charge on any atom is -0.409 e. The molecule has 7 heteroatoms. The second-order valence-corrected chi connectivity index (χ2v) is 5.91. The van der Waals surface area contributed by atoms with Crippen LogP contribution in [0.25, 0.3) is 0 Å². The van der Waals surface area contributed by atoms with E-state index in [2.05, 4.69) is 22.7 Å². The molecular weight excluding hydrogens is 260 g/mol. The molecule has 0 bridgehead atoms. The maximum Gasteiger partial charge on any atom is 0.315 e. The number of urea groups is 1. The van der Waals surface area contributed by atoms with Crippen LogP contribution in [0.1, 0.15) is 39.0 Å². The van der Waals surface area contributed by atoms with Gasteiger partial charge in [0.05, 0.1) is 12.6 Å². The van der Waals surface area contributed by atoms with Gasteiger partial charge in [-0.2, -0.15) is 0 Å². The minimum atomic E-state index is -0.731. The van der Waals surface area contributed by atoms with Crippen molar-refractivity contribution in [3.63, 3.8) is 0 Å². The number of nitrogens with one attached hydrogen (secondary N) is 2. The summed E-state index contributed by atoms with van der Waals surface area (Å²) in [5.74, 6) is 0.685. The van der Waals surface area contributed by atoms with E-state index < -0.39 is 5.54 Å². The fourth-order valence-electron chi connectivity index (χ4n) is 2.88. The quantitative estimate of drug-likeness (QED) is 0.265. The first-order valence-electron chi connectivity index (χ1n) is 7.20. The Morgan fingerprint density at radius 2 is 2.10 bits per heavy atom. The van der Waals surface area contributed by atoms with Gasteiger partial charge in [-0.1, -0.05) is 12.1 Å². The van der Waals surface area contributed by atoms with Gasteiger partial charge in [-0.3, -0.25) is 0 Å². The summed E-state index contributed by atoms with van der Waals surface area (Å²) >= 11 is 0. The number of amidine groups is 1. The van der Waals surface area contributed by atoms with E-state index in [9.17, 15) is 4.79 Å². The fourth-order valence-corrected chi connectivity index (χ4v) is 2.88. The molecule has 0 aromatic heterocycles. The van der Waals surface area contributed by atoms with Crippen molar-refractivity contribution in [2.75, 3.05) is 13.2 Å². The summed E-state index contributed by atoms with van der Waals surface area (Å²) in [6.45, 7) is 3.39. The lowest BCUT2D eigenvalue weighted by Gasteiger charge is -2.39.